The number of benzene rings is 1. The predicted molar refractivity (Wildman–Crippen MR) is 74.3 cm³/mol. The number of nitrogens with zero attached hydrogens (tertiary/aromatic N) is 4. The number of hydrogen-bond acceptors (Lipinski definition) is 10. The zero-order valence-electron chi connectivity index (χ0n) is 11.3. The highest BCUT2D eigenvalue weighted by Crippen LogP contribution is 2.48. The summed E-state index contributed by atoms with van der Waals surface area (Å²) in [6.07, 6.45) is 0. The van der Waals surface area contributed by atoms with Crippen LogP contribution in [0.25, 0.3) is 11.3 Å². The highest BCUT2D eigenvalue weighted by molar-refractivity contribution is 6.11. The Morgan fingerprint density at radius 1 is 0.957 bits per heavy atom. The maximum Gasteiger partial charge on any atom is 0.255 e. The van der Waals surface area contributed by atoms with E-state index in [1.807, 2.05) is 0 Å². The number of Topliss-reactive ketones (excluding diaryl/α,β-unsaturated/α-hetero) is 1. The van der Waals surface area contributed by atoms with Gasteiger partial charge in [0.1, 0.15) is 0 Å². The van der Waals surface area contributed by atoms with E-state index in [1.54, 1.807) is 18.2 Å². The fourth-order valence-corrected chi connectivity index (χ4v) is 3.01. The third-order valence-electron chi connectivity index (χ3n) is 4.13. The van der Waals surface area contributed by atoms with Crippen LogP contribution in [0.1, 0.15) is 15.9 Å². The van der Waals surface area contributed by atoms with Gasteiger partial charge in [-0.05, 0) is 10.3 Å². The van der Waals surface area contributed by atoms with Gasteiger partial charge in [0.25, 0.3) is 5.72 Å². The number of carbonyl (C=O) groups is 1. The normalized spacial score (nSPS) is 27.8. The molecule has 1 aromatic carbocycles. The summed E-state index contributed by atoms with van der Waals surface area (Å²) < 4.78 is 4.53. The molecule has 4 N–H and O–H groups in total. The summed E-state index contributed by atoms with van der Waals surface area (Å²) in [4.78, 5) is 20.8. The van der Waals surface area contributed by atoms with E-state index < -0.39 is 17.2 Å². The molecule has 3 aromatic rings. The number of nitrogens with one attached hydrogen (secondary N) is 2. The number of rotatable bonds is 0. The zero-order valence-corrected chi connectivity index (χ0v) is 11.3. The van der Waals surface area contributed by atoms with Gasteiger partial charge >= 0.3 is 0 Å². The van der Waals surface area contributed by atoms with Crippen molar-refractivity contribution in [3.63, 3.8) is 0 Å². The molecule has 0 radical (unpaired) electrons. The summed E-state index contributed by atoms with van der Waals surface area (Å²) in [5, 5.41) is 34.2. The van der Waals surface area contributed by atoms with Gasteiger partial charge < -0.3 is 20.8 Å². The molecule has 0 fully saturated rings. The van der Waals surface area contributed by atoms with Crippen LogP contribution in [0.4, 0.5) is 11.6 Å². The fourth-order valence-electron chi connectivity index (χ4n) is 3.01. The van der Waals surface area contributed by atoms with Crippen molar-refractivity contribution in [2.75, 3.05) is 10.6 Å². The van der Waals surface area contributed by atoms with E-state index in [0.717, 1.165) is 0 Å². The van der Waals surface area contributed by atoms with Gasteiger partial charge in [-0.25, -0.2) is 14.6 Å². The first-order valence-electron chi connectivity index (χ1n) is 6.69. The van der Waals surface area contributed by atoms with Gasteiger partial charge in [-0.2, -0.15) is 0 Å². The first-order chi connectivity index (χ1) is 11.0. The van der Waals surface area contributed by atoms with Crippen molar-refractivity contribution in [2.24, 2.45) is 0 Å². The Kier molecular flexibility index (Phi) is 1.96. The van der Waals surface area contributed by atoms with Gasteiger partial charge in [-0.3, -0.25) is 4.79 Å². The Hall–Kier alpha value is -3.11. The fraction of sp³-hybridized carbons (Fsp3) is 0.154. The number of fused-ring (bicyclic) bond motifs is 5. The highest BCUT2D eigenvalue weighted by Gasteiger charge is 2.66. The summed E-state index contributed by atoms with van der Waals surface area (Å²) >= 11 is 0. The lowest BCUT2D eigenvalue weighted by Crippen LogP contribution is -2.64. The number of anilines is 2. The molecule has 0 amide bonds. The Bertz CT molecular complexity index is 1000. The SMILES string of the molecule is O=C1c2ccccc2[C@@]2(O)Nc3nc4nonc4nc3N[C@]12O. The standard InChI is InChI=1S/C13H8N6O4/c20-7-5-3-1-2-4-6(5)12(21)13(7,22)17-9-8(16-12)14-10-11(15-9)19-23-18-10/h1-4,21-22H,(H,14,16,18)(H,15,17,19)/t12-,13-/m0/s1. The van der Waals surface area contributed by atoms with E-state index in [2.05, 4.69) is 35.5 Å². The molecule has 2 aromatic heterocycles. The predicted octanol–water partition coefficient (Wildman–Crippen LogP) is -0.420. The Labute approximate surface area is 127 Å². The van der Waals surface area contributed by atoms with E-state index in [-0.39, 0.29) is 34.1 Å². The molecular weight excluding hydrogens is 304 g/mol. The van der Waals surface area contributed by atoms with Crippen LogP contribution in [0.15, 0.2) is 28.9 Å². The van der Waals surface area contributed by atoms with Crippen LogP contribution in [-0.2, 0) is 5.72 Å². The molecule has 0 spiro atoms. The Balaban J connectivity index is 1.78. The highest BCUT2D eigenvalue weighted by atomic mass is 16.6. The molecule has 0 saturated carbocycles. The van der Waals surface area contributed by atoms with Crippen LogP contribution >= 0.6 is 0 Å². The van der Waals surface area contributed by atoms with Crippen LogP contribution in [0.3, 0.4) is 0 Å². The molecular formula is C13H8N6O4. The average molecular weight is 312 g/mol. The minimum Gasteiger partial charge on any atom is -0.363 e. The minimum atomic E-state index is -2.32. The van der Waals surface area contributed by atoms with Gasteiger partial charge in [0.15, 0.2) is 11.6 Å². The quantitative estimate of drug-likeness (QED) is 0.431. The van der Waals surface area contributed by atoms with E-state index in [4.69, 9.17) is 0 Å². The number of aromatic nitrogens is 4. The van der Waals surface area contributed by atoms with Gasteiger partial charge in [-0.15, -0.1) is 0 Å². The van der Waals surface area contributed by atoms with Crippen LogP contribution in [0.2, 0.25) is 0 Å². The smallest absolute Gasteiger partial charge is 0.255 e. The van der Waals surface area contributed by atoms with Crippen LogP contribution in [0, 0.1) is 0 Å². The van der Waals surface area contributed by atoms with Crippen molar-refractivity contribution in [3.05, 3.63) is 35.4 Å². The van der Waals surface area contributed by atoms with Crippen LogP contribution in [0.5, 0.6) is 0 Å². The lowest BCUT2D eigenvalue weighted by Gasteiger charge is -2.42. The Morgan fingerprint density at radius 2 is 1.57 bits per heavy atom. The van der Waals surface area contributed by atoms with Gasteiger partial charge in [0.2, 0.25) is 22.8 Å². The molecule has 0 saturated heterocycles. The lowest BCUT2D eigenvalue weighted by molar-refractivity contribution is -0.0919. The third-order valence-corrected chi connectivity index (χ3v) is 4.13. The van der Waals surface area contributed by atoms with Crippen molar-refractivity contribution in [3.8, 4) is 0 Å². The van der Waals surface area contributed by atoms with E-state index in [1.165, 1.54) is 6.07 Å². The molecule has 5 rings (SSSR count). The molecule has 3 heterocycles. The first-order valence-corrected chi connectivity index (χ1v) is 6.69. The molecule has 2 aliphatic rings. The summed E-state index contributed by atoms with van der Waals surface area (Å²) in [5.41, 5.74) is -3.72. The number of hydrogen-bond donors (Lipinski definition) is 4. The summed E-state index contributed by atoms with van der Waals surface area (Å²) in [7, 11) is 0. The third kappa shape index (κ3) is 1.28. The second kappa shape index (κ2) is 3.62. The van der Waals surface area contributed by atoms with Crippen molar-refractivity contribution < 1.29 is 19.6 Å². The van der Waals surface area contributed by atoms with Crippen LogP contribution < -0.4 is 10.6 Å². The second-order valence-electron chi connectivity index (χ2n) is 5.38. The maximum absolute atomic E-state index is 12.6. The number of aliphatic hydroxyl groups is 2. The number of carbonyl (C=O) groups excluding carboxylic acids is 1. The second-order valence-corrected chi connectivity index (χ2v) is 5.38. The van der Waals surface area contributed by atoms with Crippen molar-refractivity contribution >= 4 is 28.7 Å². The lowest BCUT2D eigenvalue weighted by atomic mass is 9.96. The Morgan fingerprint density at radius 3 is 2.26 bits per heavy atom. The summed E-state index contributed by atoms with van der Waals surface area (Å²) in [5.74, 6) is -0.500. The molecule has 0 bridgehead atoms. The van der Waals surface area contributed by atoms with Gasteiger partial charge in [0, 0.05) is 11.1 Å². The van der Waals surface area contributed by atoms with E-state index >= 15 is 0 Å². The van der Waals surface area contributed by atoms with Gasteiger partial charge in [0.05, 0.1) is 0 Å². The topological polar surface area (TPSA) is 146 Å². The molecule has 10 heteroatoms. The molecule has 23 heavy (non-hydrogen) atoms. The summed E-state index contributed by atoms with van der Waals surface area (Å²) in [6, 6.07) is 6.38. The molecule has 10 nitrogen and oxygen atoms in total. The van der Waals surface area contributed by atoms with E-state index in [0.29, 0.717) is 0 Å². The zero-order chi connectivity index (χ0) is 15.8. The molecule has 114 valence electrons. The van der Waals surface area contributed by atoms with Crippen molar-refractivity contribution in [1.29, 1.82) is 0 Å². The minimum absolute atomic E-state index is 0.0570. The number of ketones is 1. The maximum atomic E-state index is 12.6. The van der Waals surface area contributed by atoms with Gasteiger partial charge in [-0.1, -0.05) is 24.3 Å². The monoisotopic (exact) mass is 312 g/mol. The van der Waals surface area contributed by atoms with Crippen molar-refractivity contribution in [2.45, 2.75) is 11.4 Å². The molecule has 0 unspecified atom stereocenters. The van der Waals surface area contributed by atoms with Crippen LogP contribution in [-0.4, -0.2) is 42.0 Å². The first kappa shape index (κ1) is 12.4. The largest absolute Gasteiger partial charge is 0.363 e. The molecule has 1 aliphatic heterocycles. The molecule has 2 atom stereocenters. The summed E-state index contributed by atoms with van der Waals surface area (Å²) in [6.45, 7) is 0. The van der Waals surface area contributed by atoms with Crippen molar-refractivity contribution in [1.82, 2.24) is 20.3 Å². The van der Waals surface area contributed by atoms with E-state index in [9.17, 15) is 15.0 Å². The molecule has 1 aliphatic carbocycles. The average Bonchev–Trinajstić information content (AvgIpc) is 3.05.